The fourth-order valence-corrected chi connectivity index (χ4v) is 12.1. The minimum absolute atomic E-state index is 0.00378. The molecule has 5 N–H and O–H groups in total. The van der Waals surface area contributed by atoms with E-state index in [4.69, 9.17) is 58.8 Å². The second-order valence-electron chi connectivity index (χ2n) is 23.9. The molecule has 5 aliphatic rings. The first-order chi connectivity index (χ1) is 48.8. The number of ketones is 1. The number of hydrogen-bond acceptors (Lipinski definition) is 23. The van der Waals surface area contributed by atoms with Gasteiger partial charge in [0.05, 0.1) is 121 Å². The number of phenols is 1. The molecule has 4 fully saturated rings. The quantitative estimate of drug-likeness (QED) is 0.0676. The smallest absolute Gasteiger partial charge is 0.269 e. The zero-order valence-electron chi connectivity index (χ0n) is 57.3. The Kier molecular flexibility index (Phi) is 24.2. The number of aliphatic imine (C=N–C) groups is 1. The zero-order valence-corrected chi connectivity index (χ0v) is 57.3. The van der Waals surface area contributed by atoms with Crippen LogP contribution in [0.5, 0.6) is 40.2 Å². The SMILES string of the molecule is CCn1c(=O)cnc2cc(N3CCOCC3)cc(O)c21.CCn1c(=O)cnc2cc(N3CCOCC3)cc(OCc3ccc(OC)cc3)c21.COc1ccc(COc2cc(N3CCOCC3)cc(N)c2N)cc1.COc1ccc(COc2cc(N3CCOCC3)cc3c2CC(=O)C=N3)cc1. The van der Waals surface area contributed by atoms with Crippen molar-refractivity contribution in [1.29, 1.82) is 0 Å². The number of nitrogens with zero attached hydrogens (tertiary/aromatic N) is 9. The lowest BCUT2D eigenvalue weighted by Crippen LogP contribution is -2.36. The average molecular weight is 1370 g/mol. The van der Waals surface area contributed by atoms with Crippen LogP contribution in [0.2, 0.25) is 0 Å². The van der Waals surface area contributed by atoms with Crippen LogP contribution in [-0.2, 0) is 63.1 Å². The Morgan fingerprint density at radius 3 is 1.27 bits per heavy atom. The maximum absolute atomic E-state index is 12.4. The first kappa shape index (κ1) is 70.7. The van der Waals surface area contributed by atoms with Crippen LogP contribution in [0.25, 0.3) is 22.1 Å². The molecule has 526 valence electrons. The van der Waals surface area contributed by atoms with Crippen LogP contribution in [0.3, 0.4) is 0 Å². The van der Waals surface area contributed by atoms with Crippen molar-refractivity contribution in [1.82, 2.24) is 19.1 Å². The van der Waals surface area contributed by atoms with E-state index in [1.807, 2.05) is 129 Å². The topological polar surface area (TPSA) is 277 Å². The van der Waals surface area contributed by atoms with Crippen molar-refractivity contribution in [2.24, 2.45) is 4.99 Å². The maximum atomic E-state index is 12.4. The molecule has 0 unspecified atom stereocenters. The van der Waals surface area contributed by atoms with Gasteiger partial charge in [0, 0.05) is 124 Å². The molecule has 7 heterocycles. The third-order valence-electron chi connectivity index (χ3n) is 17.6. The second-order valence-corrected chi connectivity index (χ2v) is 23.9. The van der Waals surface area contributed by atoms with Crippen LogP contribution in [0.4, 0.5) is 39.8 Å². The van der Waals surface area contributed by atoms with E-state index in [-0.39, 0.29) is 22.7 Å². The highest BCUT2D eigenvalue weighted by Gasteiger charge is 2.24. The molecule has 0 saturated carbocycles. The zero-order chi connectivity index (χ0) is 69.9. The summed E-state index contributed by atoms with van der Waals surface area (Å²) in [6.07, 6.45) is 4.40. The van der Waals surface area contributed by atoms with Crippen molar-refractivity contribution in [2.45, 2.75) is 53.2 Å². The Hall–Kier alpha value is -10.6. The predicted octanol–water partition coefficient (Wildman–Crippen LogP) is 9.01. The van der Waals surface area contributed by atoms with Crippen molar-refractivity contribution in [3.8, 4) is 40.2 Å². The summed E-state index contributed by atoms with van der Waals surface area (Å²) < 4.78 is 58.7. The van der Waals surface area contributed by atoms with Crippen molar-refractivity contribution in [2.75, 3.05) is 158 Å². The van der Waals surface area contributed by atoms with E-state index in [1.165, 1.54) is 23.2 Å². The van der Waals surface area contributed by atoms with Gasteiger partial charge in [0.25, 0.3) is 11.1 Å². The average Bonchev–Trinajstić information content (AvgIpc) is 0.789. The summed E-state index contributed by atoms with van der Waals surface area (Å²) in [5, 5.41) is 10.3. The number of hydrogen-bond donors (Lipinski definition) is 3. The van der Waals surface area contributed by atoms with Crippen LogP contribution in [0, 0.1) is 0 Å². The summed E-state index contributed by atoms with van der Waals surface area (Å²) in [4.78, 5) is 57.8. The van der Waals surface area contributed by atoms with E-state index in [2.05, 4.69) is 34.6 Å². The molecule has 5 aliphatic heterocycles. The number of nitrogens with two attached hydrogens (primary N) is 2. The number of benzene rings is 7. The number of carbonyl (C=O) groups excluding carboxylic acids is 1. The Labute approximate surface area is 580 Å². The Balaban J connectivity index is 0.000000136. The van der Waals surface area contributed by atoms with Gasteiger partial charge in [-0.05, 0) is 91.2 Å². The highest BCUT2D eigenvalue weighted by molar-refractivity contribution is 6.30. The second kappa shape index (κ2) is 34.3. The molecule has 0 aliphatic carbocycles. The van der Waals surface area contributed by atoms with Crippen LogP contribution < -0.4 is 70.6 Å². The molecule has 14 rings (SSSR count). The fraction of sp³-hybridized carbons (Fsp3) is 0.360. The molecule has 2 aromatic heterocycles. The number of rotatable bonds is 18. The molecule has 4 saturated heterocycles. The van der Waals surface area contributed by atoms with Gasteiger partial charge in [0.2, 0.25) is 0 Å². The van der Waals surface area contributed by atoms with E-state index in [0.717, 1.165) is 137 Å². The van der Waals surface area contributed by atoms with Crippen LogP contribution in [-0.4, -0.2) is 163 Å². The molecule has 25 nitrogen and oxygen atoms in total. The lowest BCUT2D eigenvalue weighted by molar-refractivity contribution is -0.112. The Bertz CT molecular complexity index is 4380. The summed E-state index contributed by atoms with van der Waals surface area (Å²) in [5.41, 5.74) is 24.2. The molecule has 100 heavy (non-hydrogen) atoms. The minimum Gasteiger partial charge on any atom is -0.506 e. The van der Waals surface area contributed by atoms with Gasteiger partial charge in [-0.15, -0.1) is 0 Å². The van der Waals surface area contributed by atoms with Gasteiger partial charge in [-0.25, -0.2) is 9.97 Å². The number of aromatic hydroxyl groups is 1. The molecule has 0 atom stereocenters. The van der Waals surface area contributed by atoms with Gasteiger partial charge < -0.3 is 92.7 Å². The van der Waals surface area contributed by atoms with E-state index in [0.29, 0.717) is 126 Å². The predicted molar refractivity (Wildman–Crippen MR) is 388 cm³/mol. The first-order valence-corrected chi connectivity index (χ1v) is 33.6. The number of carbonyl (C=O) groups is 1. The molecule has 0 radical (unpaired) electrons. The number of fused-ring (bicyclic) bond motifs is 3. The van der Waals surface area contributed by atoms with Gasteiger partial charge in [0.1, 0.15) is 71.1 Å². The number of nitrogen functional groups attached to an aromatic ring is 2. The molecular formula is C75H87N11O14. The first-order valence-electron chi connectivity index (χ1n) is 33.6. The van der Waals surface area contributed by atoms with Gasteiger partial charge in [-0.1, -0.05) is 36.4 Å². The van der Waals surface area contributed by atoms with E-state index in [1.54, 1.807) is 32.0 Å². The largest absolute Gasteiger partial charge is 0.506 e. The molecule has 7 aromatic carbocycles. The van der Waals surface area contributed by atoms with Crippen molar-refractivity contribution in [3.05, 3.63) is 177 Å². The van der Waals surface area contributed by atoms with Gasteiger partial charge in [0.15, 0.2) is 5.78 Å². The molecule has 0 amide bonds. The Morgan fingerprint density at radius 1 is 0.460 bits per heavy atom. The van der Waals surface area contributed by atoms with Crippen LogP contribution in [0.15, 0.2) is 148 Å². The standard InChI is InChI=1S/C22H25N3O4.C21H22N2O4.C18H23N3O3.C14H17N3O3/c1-3-25-21(26)14-23-19-12-17(24-8-10-28-11-9-24)13-20(22(19)25)29-15-16-4-6-18(27-2)7-5-16;1-25-18-4-2-15(3-5-18)14-27-21-11-16(23-6-8-26-9-7-23)10-20-19(21)12-17(24)13-22-20;1-22-15-4-2-13(3-5-15)12-24-17-11-14(10-16(19)18(17)20)21-6-8-23-9-7-21;1-2-17-13(19)9-15-11-7-10(8-12(18)14(11)17)16-3-5-20-6-4-16/h4-7,12-14H,3,8-11,15H2,1-2H3;2-5,10-11,13H,6-9,12,14H2,1H3;2-5,10-11H,6-9,12,19-20H2,1H3;7-9,18H,2-6H2,1H3. The van der Waals surface area contributed by atoms with Crippen molar-refractivity contribution >= 4 is 73.9 Å². The number of anilines is 6. The van der Waals surface area contributed by atoms with E-state index >= 15 is 0 Å². The molecule has 25 heteroatoms. The number of methoxy groups -OCH3 is 3. The van der Waals surface area contributed by atoms with Gasteiger partial charge in [-0.2, -0.15) is 0 Å². The fourth-order valence-electron chi connectivity index (χ4n) is 12.1. The summed E-state index contributed by atoms with van der Waals surface area (Å²) in [6, 6.07) is 38.8. The summed E-state index contributed by atoms with van der Waals surface area (Å²) in [6.45, 7) is 18.2. The van der Waals surface area contributed by atoms with E-state index < -0.39 is 0 Å². The third-order valence-corrected chi connectivity index (χ3v) is 17.6. The normalized spacial score (nSPS) is 15.1. The molecule has 0 spiro atoms. The lowest BCUT2D eigenvalue weighted by atomic mass is 10.0. The number of Topliss-reactive ketones (excluding diaryl/α,β-unsaturated/α-hetero) is 1. The monoisotopic (exact) mass is 1370 g/mol. The number of aromatic nitrogens is 4. The molecule has 9 aromatic rings. The van der Waals surface area contributed by atoms with Crippen LogP contribution in [0.1, 0.15) is 36.1 Å². The van der Waals surface area contributed by atoms with E-state index in [9.17, 15) is 19.5 Å². The number of phenolic OH excluding ortho intramolecular Hbond substituents is 1. The number of ether oxygens (including phenoxy) is 10. The third kappa shape index (κ3) is 17.8. The summed E-state index contributed by atoms with van der Waals surface area (Å²) >= 11 is 0. The maximum Gasteiger partial charge on any atom is 0.269 e. The highest BCUT2D eigenvalue weighted by Crippen LogP contribution is 2.39. The van der Waals surface area contributed by atoms with Crippen molar-refractivity contribution < 1.29 is 57.3 Å². The highest BCUT2D eigenvalue weighted by atomic mass is 16.5. The van der Waals surface area contributed by atoms with Gasteiger partial charge in [-0.3, -0.25) is 19.4 Å². The minimum atomic E-state index is -0.200. The van der Waals surface area contributed by atoms with Crippen molar-refractivity contribution in [3.63, 3.8) is 0 Å². The molecular weight excluding hydrogens is 1280 g/mol. The Morgan fingerprint density at radius 2 is 0.830 bits per heavy atom. The summed E-state index contributed by atoms with van der Waals surface area (Å²) in [5.74, 6) is 4.50. The summed E-state index contributed by atoms with van der Waals surface area (Å²) in [7, 11) is 4.93. The number of morpholine rings is 4. The lowest BCUT2D eigenvalue weighted by Gasteiger charge is -2.30. The van der Waals surface area contributed by atoms with Gasteiger partial charge >= 0.3 is 0 Å². The van der Waals surface area contributed by atoms with Crippen LogP contribution >= 0.6 is 0 Å². The number of aryl methyl sites for hydroxylation is 2. The molecule has 0 bridgehead atoms.